The van der Waals surface area contributed by atoms with Crippen LogP contribution in [0.4, 0.5) is 5.82 Å². The van der Waals surface area contributed by atoms with E-state index >= 15 is 0 Å². The number of H-pyrrole nitrogens is 1. The van der Waals surface area contributed by atoms with Crippen molar-refractivity contribution in [3.8, 4) is 5.75 Å². The van der Waals surface area contributed by atoms with E-state index in [-0.39, 0.29) is 23.8 Å². The number of halogens is 1. The third-order valence-electron chi connectivity index (χ3n) is 4.82. The Hall–Kier alpha value is -2.77. The predicted octanol–water partition coefficient (Wildman–Crippen LogP) is 4.59. The minimum atomic E-state index is -0.381. The lowest BCUT2D eigenvalue weighted by atomic mass is 9.87. The van der Waals surface area contributed by atoms with Gasteiger partial charge in [-0.25, -0.2) is 4.98 Å². The van der Waals surface area contributed by atoms with Gasteiger partial charge in [-0.3, -0.25) is 9.59 Å². The van der Waals surface area contributed by atoms with Crippen LogP contribution in [0.1, 0.15) is 36.0 Å². The maximum Gasteiger partial charge on any atom is 0.257 e. The molecular formula is C22H20ClN3O3S. The highest BCUT2D eigenvalue weighted by molar-refractivity contribution is 7.98. The lowest BCUT2D eigenvalue weighted by Crippen LogP contribution is -2.31. The summed E-state index contributed by atoms with van der Waals surface area (Å²) < 4.78 is 5.57. The van der Waals surface area contributed by atoms with Gasteiger partial charge in [0.05, 0.1) is 12.2 Å². The minimum absolute atomic E-state index is 0.172. The number of hydrogen-bond donors (Lipinski definition) is 2. The number of thioether (sulfide) groups is 1. The van der Waals surface area contributed by atoms with Gasteiger partial charge in [0.2, 0.25) is 5.91 Å². The maximum absolute atomic E-state index is 12.9. The van der Waals surface area contributed by atoms with E-state index in [1.54, 1.807) is 0 Å². The first-order valence-corrected chi connectivity index (χ1v) is 10.9. The molecule has 0 unspecified atom stereocenters. The van der Waals surface area contributed by atoms with E-state index in [0.29, 0.717) is 39.7 Å². The zero-order valence-electron chi connectivity index (χ0n) is 16.3. The SMILES string of the molecule is CCOc1cccc([C@H]2CC(=O)Nc3nc(SCc4ccccc4Cl)[nH]c(=O)c32)c1. The highest BCUT2D eigenvalue weighted by Gasteiger charge is 2.31. The highest BCUT2D eigenvalue weighted by atomic mass is 35.5. The van der Waals surface area contributed by atoms with Crippen molar-refractivity contribution in [1.29, 1.82) is 0 Å². The minimum Gasteiger partial charge on any atom is -0.494 e. The summed E-state index contributed by atoms with van der Waals surface area (Å²) >= 11 is 7.57. The van der Waals surface area contributed by atoms with E-state index in [1.165, 1.54) is 11.8 Å². The number of carbonyl (C=O) groups excluding carboxylic acids is 1. The Bertz CT molecular complexity index is 1150. The van der Waals surface area contributed by atoms with Gasteiger partial charge in [-0.05, 0) is 36.2 Å². The number of hydrogen-bond acceptors (Lipinski definition) is 5. The number of carbonyl (C=O) groups is 1. The Morgan fingerprint density at radius 3 is 2.83 bits per heavy atom. The van der Waals surface area contributed by atoms with Gasteiger partial charge < -0.3 is 15.0 Å². The fraction of sp³-hybridized carbons (Fsp3) is 0.227. The molecule has 6 nitrogen and oxygen atoms in total. The molecule has 0 saturated heterocycles. The first-order valence-electron chi connectivity index (χ1n) is 9.58. The van der Waals surface area contributed by atoms with Crippen molar-refractivity contribution in [1.82, 2.24) is 9.97 Å². The van der Waals surface area contributed by atoms with Crippen molar-refractivity contribution in [2.45, 2.75) is 30.2 Å². The van der Waals surface area contributed by atoms with Gasteiger partial charge in [-0.1, -0.05) is 53.7 Å². The fourth-order valence-electron chi connectivity index (χ4n) is 3.45. The number of benzene rings is 2. The summed E-state index contributed by atoms with van der Waals surface area (Å²) in [4.78, 5) is 32.6. The second-order valence-corrected chi connectivity index (χ2v) is 8.20. The molecule has 0 aliphatic carbocycles. The van der Waals surface area contributed by atoms with Crippen molar-refractivity contribution < 1.29 is 9.53 Å². The van der Waals surface area contributed by atoms with Gasteiger partial charge in [0, 0.05) is 23.1 Å². The summed E-state index contributed by atoms with van der Waals surface area (Å²) in [7, 11) is 0. The summed E-state index contributed by atoms with van der Waals surface area (Å²) in [5, 5.41) is 3.84. The van der Waals surface area contributed by atoms with Gasteiger partial charge in [-0.15, -0.1) is 0 Å². The third-order valence-corrected chi connectivity index (χ3v) is 6.11. The molecule has 0 bridgehead atoms. The Kier molecular flexibility index (Phi) is 6.11. The number of aromatic nitrogens is 2. The van der Waals surface area contributed by atoms with Crippen molar-refractivity contribution in [3.05, 3.63) is 80.6 Å². The number of rotatable bonds is 6. The van der Waals surface area contributed by atoms with Crippen molar-refractivity contribution in [2.75, 3.05) is 11.9 Å². The summed E-state index contributed by atoms with van der Waals surface area (Å²) in [5.41, 5.74) is 2.00. The van der Waals surface area contributed by atoms with Crippen LogP contribution in [0, 0.1) is 0 Å². The summed E-state index contributed by atoms with van der Waals surface area (Å²) in [5.74, 6) is 1.01. The largest absolute Gasteiger partial charge is 0.494 e. The predicted molar refractivity (Wildman–Crippen MR) is 119 cm³/mol. The van der Waals surface area contributed by atoms with Gasteiger partial charge in [-0.2, -0.15) is 0 Å². The van der Waals surface area contributed by atoms with Crippen molar-refractivity contribution in [2.24, 2.45) is 0 Å². The number of fused-ring (bicyclic) bond motifs is 1. The first kappa shape index (κ1) is 20.5. The Morgan fingerprint density at radius 1 is 1.20 bits per heavy atom. The van der Waals surface area contributed by atoms with Gasteiger partial charge >= 0.3 is 0 Å². The molecule has 1 atom stereocenters. The van der Waals surface area contributed by atoms with Crippen LogP contribution in [0.2, 0.25) is 5.02 Å². The Balaban J connectivity index is 1.65. The summed E-state index contributed by atoms with van der Waals surface area (Å²) in [6.45, 7) is 2.45. The van der Waals surface area contributed by atoms with E-state index in [9.17, 15) is 9.59 Å². The zero-order chi connectivity index (χ0) is 21.1. The van der Waals surface area contributed by atoms with E-state index in [1.807, 2.05) is 55.5 Å². The molecule has 0 saturated carbocycles. The molecule has 3 aromatic rings. The van der Waals surface area contributed by atoms with Gasteiger partial charge in [0.25, 0.3) is 5.56 Å². The smallest absolute Gasteiger partial charge is 0.257 e. The second kappa shape index (κ2) is 8.93. The molecule has 0 fully saturated rings. The number of amides is 1. The zero-order valence-corrected chi connectivity index (χ0v) is 17.8. The van der Waals surface area contributed by atoms with Crippen molar-refractivity contribution >= 4 is 35.1 Å². The number of nitrogens with one attached hydrogen (secondary N) is 2. The molecule has 30 heavy (non-hydrogen) atoms. The van der Waals surface area contributed by atoms with Crippen LogP contribution < -0.4 is 15.6 Å². The number of anilines is 1. The summed E-state index contributed by atoms with van der Waals surface area (Å²) in [6.07, 6.45) is 0.180. The molecule has 8 heteroatoms. The number of aromatic amines is 1. The lowest BCUT2D eigenvalue weighted by Gasteiger charge is -2.24. The molecule has 1 aromatic heterocycles. The van der Waals surface area contributed by atoms with Gasteiger partial charge in [0.15, 0.2) is 5.16 Å². The van der Waals surface area contributed by atoms with Crippen LogP contribution in [-0.2, 0) is 10.5 Å². The molecule has 2 N–H and O–H groups in total. The average molecular weight is 442 g/mol. The van der Waals surface area contributed by atoms with Gasteiger partial charge in [0.1, 0.15) is 11.6 Å². The van der Waals surface area contributed by atoms with Crippen LogP contribution in [0.15, 0.2) is 58.5 Å². The molecule has 2 aromatic carbocycles. The first-order chi connectivity index (χ1) is 14.5. The van der Waals surface area contributed by atoms with E-state index < -0.39 is 0 Å². The molecule has 1 aliphatic heterocycles. The molecule has 154 valence electrons. The third kappa shape index (κ3) is 4.37. The summed E-state index contributed by atoms with van der Waals surface area (Å²) in [6, 6.07) is 15.0. The molecule has 0 spiro atoms. The molecule has 1 amide bonds. The normalized spacial score (nSPS) is 15.4. The molecule has 2 heterocycles. The average Bonchev–Trinajstić information content (AvgIpc) is 2.73. The second-order valence-electron chi connectivity index (χ2n) is 6.82. The van der Waals surface area contributed by atoms with Crippen LogP contribution in [0.25, 0.3) is 0 Å². The van der Waals surface area contributed by atoms with Crippen molar-refractivity contribution in [3.63, 3.8) is 0 Å². The van der Waals surface area contributed by atoms with Crippen LogP contribution in [-0.4, -0.2) is 22.5 Å². The standard InChI is InChI=1S/C22H20ClN3O3S/c1-2-29-15-8-5-7-13(10-15)16-11-18(27)24-20-19(16)21(28)26-22(25-20)30-12-14-6-3-4-9-17(14)23/h3-10,16H,2,11-12H2,1H3,(H2,24,25,26,27,28)/t16-/m1/s1. The Morgan fingerprint density at radius 2 is 2.03 bits per heavy atom. The monoisotopic (exact) mass is 441 g/mol. The molecule has 4 rings (SSSR count). The highest BCUT2D eigenvalue weighted by Crippen LogP contribution is 2.36. The molecule has 0 radical (unpaired) electrons. The number of ether oxygens (including phenoxy) is 1. The molecule has 1 aliphatic rings. The molecular weight excluding hydrogens is 422 g/mol. The quantitative estimate of drug-likeness (QED) is 0.431. The number of nitrogens with zero attached hydrogens (tertiary/aromatic N) is 1. The van der Waals surface area contributed by atoms with E-state index in [2.05, 4.69) is 15.3 Å². The fourth-order valence-corrected chi connectivity index (χ4v) is 4.60. The lowest BCUT2D eigenvalue weighted by molar-refractivity contribution is -0.116. The van der Waals surface area contributed by atoms with Crippen LogP contribution in [0.3, 0.4) is 0 Å². The van der Waals surface area contributed by atoms with E-state index in [4.69, 9.17) is 16.3 Å². The topological polar surface area (TPSA) is 84.1 Å². The Labute approximate surface area is 183 Å². The maximum atomic E-state index is 12.9. The van der Waals surface area contributed by atoms with E-state index in [0.717, 1.165) is 11.1 Å². The van der Waals surface area contributed by atoms with Crippen LogP contribution >= 0.6 is 23.4 Å². The van der Waals surface area contributed by atoms with Crippen LogP contribution in [0.5, 0.6) is 5.75 Å².